The first-order chi connectivity index (χ1) is 11.8. The van der Waals surface area contributed by atoms with E-state index in [4.69, 9.17) is 0 Å². The molecule has 25 heavy (non-hydrogen) atoms. The Balaban J connectivity index is 2.55. The van der Waals surface area contributed by atoms with Crippen LogP contribution in [0.15, 0.2) is 0 Å². The molecule has 1 saturated carbocycles. The van der Waals surface area contributed by atoms with Crippen molar-refractivity contribution in [2.75, 3.05) is 18.6 Å². The molecule has 1 atom stereocenters. The van der Waals surface area contributed by atoms with Gasteiger partial charge >= 0.3 is 0 Å². The zero-order valence-corrected chi connectivity index (χ0v) is 17.1. The van der Waals surface area contributed by atoms with E-state index in [0.717, 1.165) is 24.5 Å². The molecule has 0 aromatic carbocycles. The van der Waals surface area contributed by atoms with E-state index in [9.17, 15) is 14.7 Å². The molecule has 0 radical (unpaired) electrons. The van der Waals surface area contributed by atoms with Crippen LogP contribution in [0, 0.1) is 5.92 Å². The van der Waals surface area contributed by atoms with Gasteiger partial charge in [0.15, 0.2) is 0 Å². The van der Waals surface area contributed by atoms with E-state index in [1.54, 1.807) is 32.5 Å². The Bertz CT molecular complexity index is 417. The number of carbonyl (C=O) groups is 2. The summed E-state index contributed by atoms with van der Waals surface area (Å²) < 4.78 is 0. The molecule has 2 amide bonds. The highest BCUT2D eigenvalue weighted by molar-refractivity contribution is 7.98. The lowest BCUT2D eigenvalue weighted by Crippen LogP contribution is -2.60. The van der Waals surface area contributed by atoms with Crippen molar-refractivity contribution in [3.63, 3.8) is 0 Å². The van der Waals surface area contributed by atoms with Crippen LogP contribution in [0.4, 0.5) is 4.79 Å². The van der Waals surface area contributed by atoms with Crippen molar-refractivity contribution in [3.05, 3.63) is 0 Å². The maximum atomic E-state index is 12.6. The summed E-state index contributed by atoms with van der Waals surface area (Å²) in [6.07, 6.45) is 9.94. The molecule has 0 aromatic heterocycles. The molecule has 1 N–H and O–H groups in total. The van der Waals surface area contributed by atoms with Crippen LogP contribution in [0.25, 0.3) is 0 Å². The fraction of sp³-hybridized carbons (Fsp3) is 0.895. The van der Waals surface area contributed by atoms with Crippen LogP contribution < -0.4 is 10.4 Å². The van der Waals surface area contributed by atoms with Crippen molar-refractivity contribution in [1.82, 2.24) is 10.2 Å². The van der Waals surface area contributed by atoms with E-state index in [-0.39, 0.29) is 5.91 Å². The van der Waals surface area contributed by atoms with Gasteiger partial charge in [-0.05, 0) is 58.0 Å². The van der Waals surface area contributed by atoms with E-state index >= 15 is 0 Å². The largest absolute Gasteiger partial charge is 0.530 e. The second-order valence-electron chi connectivity index (χ2n) is 8.04. The maximum Gasteiger partial charge on any atom is 0.242 e. The predicted molar refractivity (Wildman–Crippen MR) is 103 cm³/mol. The number of nitrogens with one attached hydrogen (secondary N) is 1. The molecule has 5 nitrogen and oxygen atoms in total. The average Bonchev–Trinajstić information content (AvgIpc) is 2.54. The third-order valence-electron chi connectivity index (χ3n) is 4.94. The first-order valence-corrected chi connectivity index (χ1v) is 10.9. The van der Waals surface area contributed by atoms with E-state index in [2.05, 4.69) is 5.32 Å². The summed E-state index contributed by atoms with van der Waals surface area (Å²) in [5.74, 6) is 1.34. The van der Waals surface area contributed by atoms with Gasteiger partial charge < -0.3 is 20.1 Å². The third kappa shape index (κ3) is 7.89. The molecule has 1 unspecified atom stereocenters. The monoisotopic (exact) mass is 371 g/mol. The van der Waals surface area contributed by atoms with Crippen LogP contribution in [0.3, 0.4) is 0 Å². The molecule has 0 heterocycles. The predicted octanol–water partition coefficient (Wildman–Crippen LogP) is 3.03. The lowest BCUT2D eigenvalue weighted by atomic mass is 9.86. The molecule has 0 bridgehead atoms. The summed E-state index contributed by atoms with van der Waals surface area (Å²) in [6.45, 7) is 6.01. The zero-order valence-electron chi connectivity index (χ0n) is 16.3. The summed E-state index contributed by atoms with van der Waals surface area (Å²) >= 11 is 1.61. The Morgan fingerprint density at radius 3 is 2.40 bits per heavy atom. The Kier molecular flexibility index (Phi) is 9.69. The van der Waals surface area contributed by atoms with Gasteiger partial charge in [0.2, 0.25) is 5.91 Å². The van der Waals surface area contributed by atoms with Crippen molar-refractivity contribution in [1.29, 1.82) is 0 Å². The standard InChI is InChI=1S/C19H36N2O3S/c1-19(2,3)21(18(23)24)16(12-14-25-4)17(22)20-13-8-11-15-9-6-5-7-10-15/h15-16H,5-14H2,1-4H3,(H,20,22)(H,23,24)/p-1. The van der Waals surface area contributed by atoms with Crippen LogP contribution in [0.2, 0.25) is 0 Å². The summed E-state index contributed by atoms with van der Waals surface area (Å²) in [5.41, 5.74) is -0.665. The third-order valence-corrected chi connectivity index (χ3v) is 5.59. The van der Waals surface area contributed by atoms with Gasteiger partial charge in [-0.2, -0.15) is 11.8 Å². The van der Waals surface area contributed by atoms with Gasteiger partial charge in [-0.15, -0.1) is 0 Å². The van der Waals surface area contributed by atoms with Crippen LogP contribution in [0.1, 0.15) is 72.1 Å². The summed E-state index contributed by atoms with van der Waals surface area (Å²) in [5, 5.41) is 14.6. The Hall–Kier alpha value is -0.910. The van der Waals surface area contributed by atoms with Crippen molar-refractivity contribution in [2.45, 2.75) is 83.7 Å². The van der Waals surface area contributed by atoms with Crippen molar-refractivity contribution in [3.8, 4) is 0 Å². The number of thioether (sulfide) groups is 1. The van der Waals surface area contributed by atoms with E-state index in [1.807, 2.05) is 6.26 Å². The van der Waals surface area contributed by atoms with Crippen LogP contribution in [0.5, 0.6) is 0 Å². The van der Waals surface area contributed by atoms with Crippen molar-refractivity contribution < 1.29 is 14.7 Å². The first kappa shape index (κ1) is 22.1. The highest BCUT2D eigenvalue weighted by Crippen LogP contribution is 2.27. The topological polar surface area (TPSA) is 72.5 Å². The van der Waals surface area contributed by atoms with Crippen LogP contribution >= 0.6 is 11.8 Å². The number of nitrogens with zero attached hydrogens (tertiary/aromatic N) is 1. The smallest absolute Gasteiger partial charge is 0.242 e. The Morgan fingerprint density at radius 1 is 1.24 bits per heavy atom. The first-order valence-electron chi connectivity index (χ1n) is 9.54. The van der Waals surface area contributed by atoms with Gasteiger partial charge in [0, 0.05) is 12.1 Å². The molecule has 146 valence electrons. The summed E-state index contributed by atoms with van der Waals surface area (Å²) in [4.78, 5) is 25.5. The number of carboxylic acid groups (broad SMARTS) is 1. The summed E-state index contributed by atoms with van der Waals surface area (Å²) in [6, 6.07) is -0.688. The SMILES string of the molecule is CSCCC(C(=O)NCCCC1CCCCC1)N(C(=O)[O-])C(C)(C)C. The molecule has 1 fully saturated rings. The highest BCUT2D eigenvalue weighted by Gasteiger charge is 2.33. The van der Waals surface area contributed by atoms with Gasteiger partial charge in [0.05, 0.1) is 0 Å². The van der Waals surface area contributed by atoms with Gasteiger partial charge in [-0.3, -0.25) is 4.79 Å². The second kappa shape index (κ2) is 10.9. The molecule has 1 aliphatic rings. The number of hydrogen-bond acceptors (Lipinski definition) is 4. The van der Waals surface area contributed by atoms with E-state index in [1.165, 1.54) is 37.0 Å². The van der Waals surface area contributed by atoms with Crippen molar-refractivity contribution >= 4 is 23.8 Å². The minimum atomic E-state index is -1.28. The van der Waals surface area contributed by atoms with E-state index in [0.29, 0.717) is 13.0 Å². The number of hydrogen-bond donors (Lipinski definition) is 1. The van der Waals surface area contributed by atoms with E-state index < -0.39 is 17.7 Å². The molecule has 1 rings (SSSR count). The average molecular weight is 372 g/mol. The quantitative estimate of drug-likeness (QED) is 0.632. The maximum absolute atomic E-state index is 12.6. The highest BCUT2D eigenvalue weighted by atomic mass is 32.2. The molecule has 6 heteroatoms. The lowest BCUT2D eigenvalue weighted by Gasteiger charge is -2.43. The van der Waals surface area contributed by atoms with Crippen molar-refractivity contribution in [2.24, 2.45) is 5.92 Å². The molecular formula is C19H35N2O3S-. The minimum absolute atomic E-state index is 0.197. The van der Waals surface area contributed by atoms with Crippen LogP contribution in [-0.4, -0.2) is 47.0 Å². The Labute approximate surface area is 157 Å². The molecule has 1 aliphatic carbocycles. The van der Waals surface area contributed by atoms with Crippen LogP contribution in [-0.2, 0) is 4.79 Å². The molecule has 0 aromatic rings. The zero-order chi connectivity index (χ0) is 18.9. The fourth-order valence-electron chi connectivity index (χ4n) is 3.67. The van der Waals surface area contributed by atoms with Gasteiger partial charge in [0.25, 0.3) is 0 Å². The Morgan fingerprint density at radius 2 is 1.88 bits per heavy atom. The van der Waals surface area contributed by atoms with Gasteiger partial charge in [-0.1, -0.05) is 32.1 Å². The lowest BCUT2D eigenvalue weighted by molar-refractivity contribution is -0.273. The number of rotatable bonds is 9. The minimum Gasteiger partial charge on any atom is -0.530 e. The number of amides is 2. The number of carbonyl (C=O) groups excluding carboxylic acids is 2. The molecular weight excluding hydrogens is 336 g/mol. The van der Waals surface area contributed by atoms with Gasteiger partial charge in [-0.25, -0.2) is 0 Å². The molecule has 0 spiro atoms. The second-order valence-corrected chi connectivity index (χ2v) is 9.03. The molecule has 0 aliphatic heterocycles. The summed E-state index contributed by atoms with van der Waals surface area (Å²) in [7, 11) is 0. The normalized spacial score (nSPS) is 17.1. The fourth-order valence-corrected chi connectivity index (χ4v) is 4.13. The van der Waals surface area contributed by atoms with Gasteiger partial charge in [0.1, 0.15) is 12.1 Å². The molecule has 0 saturated heterocycles.